The number of aromatic nitrogens is 4. The Kier molecular flexibility index (Phi) is 6.26. The molecule has 0 saturated carbocycles. The van der Waals surface area contributed by atoms with Crippen molar-refractivity contribution in [3.63, 3.8) is 0 Å². The first-order valence-electron chi connectivity index (χ1n) is 16.9. The molecule has 11 aromatic rings. The molecule has 0 saturated heterocycles. The molecular formula is C45H26N4S2. The molecule has 6 heteroatoms. The molecule has 0 spiro atoms. The Morgan fingerprint density at radius 3 is 1.39 bits per heavy atom. The van der Waals surface area contributed by atoms with Gasteiger partial charge in [0.25, 0.3) is 0 Å². The van der Waals surface area contributed by atoms with E-state index >= 15 is 0 Å². The number of rotatable bonds is 4. The SMILES string of the molecule is c1ccc(-c2nc(-c3ccccc3)nc(-c3ccc4sc5c(ccc6c7cc(-n8c9ccccc9c9ccccc98)ccc7sc65)c4c3)n2)cc1. The van der Waals surface area contributed by atoms with Gasteiger partial charge in [-0.1, -0.05) is 109 Å². The lowest BCUT2D eigenvalue weighted by Gasteiger charge is -2.08. The van der Waals surface area contributed by atoms with Crippen molar-refractivity contribution in [3.8, 4) is 39.9 Å². The average molecular weight is 687 g/mol. The molecule has 11 rings (SSSR count). The van der Waals surface area contributed by atoms with Crippen LogP contribution in [0.25, 0.3) is 102 Å². The quantitative estimate of drug-likeness (QED) is 0.185. The number of benzene rings is 7. The monoisotopic (exact) mass is 686 g/mol. The lowest BCUT2D eigenvalue weighted by molar-refractivity contribution is 1.07. The number of fused-ring (bicyclic) bond motifs is 10. The lowest BCUT2D eigenvalue weighted by atomic mass is 10.1. The fourth-order valence-corrected chi connectivity index (χ4v) is 9.97. The minimum absolute atomic E-state index is 0.669. The van der Waals surface area contributed by atoms with Crippen LogP contribution in [0.1, 0.15) is 0 Å². The smallest absolute Gasteiger partial charge is 0.164 e. The second kappa shape index (κ2) is 11.2. The summed E-state index contributed by atoms with van der Waals surface area (Å²) < 4.78 is 7.62. The number of nitrogens with zero attached hydrogens (tertiary/aromatic N) is 4. The molecule has 4 nitrogen and oxygen atoms in total. The van der Waals surface area contributed by atoms with Crippen molar-refractivity contribution in [2.45, 2.75) is 0 Å². The normalized spacial score (nSPS) is 11.9. The Hall–Kier alpha value is -6.21. The Balaban J connectivity index is 1.07. The van der Waals surface area contributed by atoms with E-state index in [1.807, 2.05) is 83.3 Å². The fourth-order valence-electron chi connectivity index (χ4n) is 7.47. The van der Waals surface area contributed by atoms with E-state index in [9.17, 15) is 0 Å². The first kappa shape index (κ1) is 28.6. The Bertz CT molecular complexity index is 3030. The number of thiophene rings is 2. The Morgan fingerprint density at radius 2 is 0.824 bits per heavy atom. The van der Waals surface area contributed by atoms with E-state index in [4.69, 9.17) is 15.0 Å². The highest BCUT2D eigenvalue weighted by atomic mass is 32.1. The lowest BCUT2D eigenvalue weighted by Crippen LogP contribution is -2.00. The van der Waals surface area contributed by atoms with Gasteiger partial charge in [0.1, 0.15) is 0 Å². The maximum atomic E-state index is 5.00. The molecule has 238 valence electrons. The molecule has 51 heavy (non-hydrogen) atoms. The van der Waals surface area contributed by atoms with Gasteiger partial charge in [-0.15, -0.1) is 22.7 Å². The second-order valence-corrected chi connectivity index (χ2v) is 14.9. The molecule has 0 fully saturated rings. The highest BCUT2D eigenvalue weighted by molar-refractivity contribution is 7.33. The van der Waals surface area contributed by atoms with Crippen molar-refractivity contribution in [2.24, 2.45) is 0 Å². The highest BCUT2D eigenvalue weighted by Crippen LogP contribution is 2.46. The fraction of sp³-hybridized carbons (Fsp3) is 0. The summed E-state index contributed by atoms with van der Waals surface area (Å²) in [7, 11) is 0. The van der Waals surface area contributed by atoms with Crippen molar-refractivity contribution >= 4 is 84.8 Å². The van der Waals surface area contributed by atoms with Crippen LogP contribution >= 0.6 is 22.7 Å². The Morgan fingerprint density at radius 1 is 0.353 bits per heavy atom. The summed E-state index contributed by atoms with van der Waals surface area (Å²) in [5.74, 6) is 2.01. The van der Waals surface area contributed by atoms with E-state index in [2.05, 4.69) is 102 Å². The van der Waals surface area contributed by atoms with Crippen molar-refractivity contribution in [1.29, 1.82) is 0 Å². The molecule has 4 heterocycles. The maximum Gasteiger partial charge on any atom is 0.164 e. The zero-order valence-corrected chi connectivity index (χ0v) is 28.7. The summed E-state index contributed by atoms with van der Waals surface area (Å²) in [5, 5.41) is 7.63. The number of hydrogen-bond donors (Lipinski definition) is 0. The minimum Gasteiger partial charge on any atom is -0.309 e. The van der Waals surface area contributed by atoms with Crippen LogP contribution in [0.4, 0.5) is 0 Å². The minimum atomic E-state index is 0.669. The third-order valence-corrected chi connectivity index (χ3v) is 12.4. The zero-order valence-electron chi connectivity index (χ0n) is 27.1. The molecule has 0 atom stereocenters. The van der Waals surface area contributed by atoms with Crippen molar-refractivity contribution in [2.75, 3.05) is 0 Å². The molecular weight excluding hydrogens is 661 g/mol. The largest absolute Gasteiger partial charge is 0.309 e. The molecule has 0 bridgehead atoms. The summed E-state index contributed by atoms with van der Waals surface area (Å²) in [6.07, 6.45) is 0. The highest BCUT2D eigenvalue weighted by Gasteiger charge is 2.18. The van der Waals surface area contributed by atoms with Gasteiger partial charge < -0.3 is 4.57 Å². The summed E-state index contributed by atoms with van der Waals surface area (Å²) in [4.78, 5) is 14.9. The third kappa shape index (κ3) is 4.47. The van der Waals surface area contributed by atoms with Crippen LogP contribution in [0.2, 0.25) is 0 Å². The van der Waals surface area contributed by atoms with E-state index in [1.54, 1.807) is 0 Å². The van der Waals surface area contributed by atoms with Crippen LogP contribution in [0.15, 0.2) is 158 Å². The van der Waals surface area contributed by atoms with Crippen molar-refractivity contribution in [1.82, 2.24) is 19.5 Å². The van der Waals surface area contributed by atoms with E-state index in [0.29, 0.717) is 17.5 Å². The number of para-hydroxylation sites is 2. The van der Waals surface area contributed by atoms with E-state index in [-0.39, 0.29) is 0 Å². The molecule has 0 aliphatic heterocycles. The van der Waals surface area contributed by atoms with Gasteiger partial charge in [0, 0.05) is 64.1 Å². The Labute approximate surface area is 300 Å². The molecule has 0 aliphatic carbocycles. The van der Waals surface area contributed by atoms with Gasteiger partial charge in [-0.3, -0.25) is 0 Å². The molecule has 0 unspecified atom stereocenters. The maximum absolute atomic E-state index is 5.00. The van der Waals surface area contributed by atoms with Crippen LogP contribution < -0.4 is 0 Å². The van der Waals surface area contributed by atoms with Crippen LogP contribution in [-0.4, -0.2) is 19.5 Å². The number of hydrogen-bond acceptors (Lipinski definition) is 5. The van der Waals surface area contributed by atoms with E-state index < -0.39 is 0 Å². The summed E-state index contributed by atoms with van der Waals surface area (Å²) in [6, 6.07) is 55.9. The van der Waals surface area contributed by atoms with E-state index in [1.165, 1.54) is 67.8 Å². The summed E-state index contributed by atoms with van der Waals surface area (Å²) in [5.41, 5.74) is 6.55. The zero-order chi connectivity index (χ0) is 33.5. The standard InChI is InChI=1S/C45H26N4S2/c1-3-11-27(12-4-1)43-46-44(28-13-5-2-6-14-28)48-45(47-43)29-19-23-39-35(25-29)33-21-22-34-36-26-30(20-24-40(36)51-42(34)41(33)50-39)49-37-17-9-7-15-31(37)32-16-8-10-18-38(32)49/h1-26H. The molecule has 0 radical (unpaired) electrons. The first-order valence-corrected chi connectivity index (χ1v) is 18.6. The van der Waals surface area contributed by atoms with Gasteiger partial charge in [0.15, 0.2) is 17.5 Å². The molecule has 7 aromatic carbocycles. The van der Waals surface area contributed by atoms with Crippen LogP contribution in [0.3, 0.4) is 0 Å². The first-order chi connectivity index (χ1) is 25.3. The van der Waals surface area contributed by atoms with Crippen LogP contribution in [0.5, 0.6) is 0 Å². The average Bonchev–Trinajstić information content (AvgIpc) is 3.87. The van der Waals surface area contributed by atoms with Crippen molar-refractivity contribution < 1.29 is 0 Å². The second-order valence-electron chi connectivity index (χ2n) is 12.8. The summed E-state index contributed by atoms with van der Waals surface area (Å²) >= 11 is 3.76. The molecule has 0 N–H and O–H groups in total. The van der Waals surface area contributed by atoms with Crippen molar-refractivity contribution in [3.05, 3.63) is 158 Å². The predicted molar refractivity (Wildman–Crippen MR) is 216 cm³/mol. The van der Waals surface area contributed by atoms with Gasteiger partial charge in [-0.2, -0.15) is 0 Å². The van der Waals surface area contributed by atoms with Gasteiger partial charge >= 0.3 is 0 Å². The van der Waals surface area contributed by atoms with Gasteiger partial charge in [-0.05, 0) is 48.5 Å². The summed E-state index contributed by atoms with van der Waals surface area (Å²) in [6.45, 7) is 0. The third-order valence-electron chi connectivity index (χ3n) is 9.86. The van der Waals surface area contributed by atoms with Gasteiger partial charge in [-0.25, -0.2) is 15.0 Å². The molecule has 4 aromatic heterocycles. The topological polar surface area (TPSA) is 43.6 Å². The van der Waals surface area contributed by atoms with Gasteiger partial charge in [0.05, 0.1) is 20.4 Å². The van der Waals surface area contributed by atoms with Gasteiger partial charge in [0.2, 0.25) is 0 Å². The van der Waals surface area contributed by atoms with E-state index in [0.717, 1.165) is 16.7 Å². The van der Waals surface area contributed by atoms with Crippen LogP contribution in [-0.2, 0) is 0 Å². The molecule has 0 amide bonds. The van der Waals surface area contributed by atoms with Crippen LogP contribution in [0, 0.1) is 0 Å². The molecule has 0 aliphatic rings. The predicted octanol–water partition coefficient (Wildman–Crippen LogP) is 12.7.